The van der Waals surface area contributed by atoms with E-state index in [2.05, 4.69) is 11.9 Å². The first-order valence-corrected chi connectivity index (χ1v) is 3.92. The molecule has 0 fully saturated rings. The molecular formula is C11H13N. The molecule has 1 nitrogen and oxygen atoms in total. The minimum absolute atomic E-state index is 1.05. The van der Waals surface area contributed by atoms with E-state index >= 15 is 0 Å². The summed E-state index contributed by atoms with van der Waals surface area (Å²) in [5.74, 6) is 0. The number of hydrogen-bond acceptors (Lipinski definition) is 1. The number of hydrogen-bond donors (Lipinski definition) is 1. The van der Waals surface area contributed by atoms with E-state index in [-0.39, 0.29) is 0 Å². The fourth-order valence-corrected chi connectivity index (χ4v) is 0.945. The monoisotopic (exact) mass is 159 g/mol. The lowest BCUT2D eigenvalue weighted by molar-refractivity contribution is 1.10. The molecule has 0 spiro atoms. The molecule has 0 saturated heterocycles. The van der Waals surface area contributed by atoms with Crippen molar-refractivity contribution in [1.82, 2.24) is 5.32 Å². The molecule has 0 saturated carbocycles. The third-order valence-electron chi connectivity index (χ3n) is 1.59. The van der Waals surface area contributed by atoms with E-state index < -0.39 is 0 Å². The van der Waals surface area contributed by atoms with Crippen LogP contribution in [0.15, 0.2) is 36.5 Å². The van der Waals surface area contributed by atoms with Crippen molar-refractivity contribution < 1.29 is 0 Å². The summed E-state index contributed by atoms with van der Waals surface area (Å²) in [7, 11) is 1.88. The lowest BCUT2D eigenvalue weighted by Gasteiger charge is -1.85. The van der Waals surface area contributed by atoms with Crippen molar-refractivity contribution in [3.8, 4) is 0 Å². The molecule has 0 bridgehead atoms. The summed E-state index contributed by atoms with van der Waals surface area (Å²) in [5, 5.41) is 5.14. The Kier molecular flexibility index (Phi) is 3.15. The first-order chi connectivity index (χ1) is 5.84. The van der Waals surface area contributed by atoms with Gasteiger partial charge in [-0.3, -0.25) is 0 Å². The van der Waals surface area contributed by atoms with Crippen LogP contribution in [0.1, 0.15) is 0 Å². The average Bonchev–Trinajstić information content (AvgIpc) is 2.09. The molecule has 0 atom stereocenters. The average molecular weight is 159 g/mol. The second-order valence-corrected chi connectivity index (χ2v) is 2.51. The molecule has 1 rings (SSSR count). The van der Waals surface area contributed by atoms with Gasteiger partial charge in [0.1, 0.15) is 0 Å². The maximum atomic E-state index is 3.91. The Bertz CT molecular complexity index is 363. The quantitative estimate of drug-likeness (QED) is 0.666. The number of benzene rings is 1. The van der Waals surface area contributed by atoms with Gasteiger partial charge in [-0.25, -0.2) is 0 Å². The second-order valence-electron chi connectivity index (χ2n) is 2.51. The van der Waals surface area contributed by atoms with Gasteiger partial charge in [0.15, 0.2) is 0 Å². The van der Waals surface area contributed by atoms with Gasteiger partial charge in [-0.05, 0) is 22.7 Å². The first-order valence-electron chi connectivity index (χ1n) is 3.92. The van der Waals surface area contributed by atoms with Gasteiger partial charge >= 0.3 is 0 Å². The van der Waals surface area contributed by atoms with Gasteiger partial charge in [-0.15, -0.1) is 0 Å². The molecule has 1 heteroatoms. The smallest absolute Gasteiger partial charge is 0.00277 e. The molecule has 62 valence electrons. The number of nitrogens with one attached hydrogen (secondary N) is 1. The summed E-state index contributed by atoms with van der Waals surface area (Å²) in [6, 6.07) is 8.04. The van der Waals surface area contributed by atoms with Crippen LogP contribution in [0.2, 0.25) is 0 Å². The van der Waals surface area contributed by atoms with Crippen LogP contribution in [0.5, 0.6) is 0 Å². The van der Waals surface area contributed by atoms with E-state index in [9.17, 15) is 0 Å². The van der Waals surface area contributed by atoms with Crippen molar-refractivity contribution in [2.24, 2.45) is 0 Å². The van der Waals surface area contributed by atoms with E-state index in [1.165, 1.54) is 0 Å². The Hall–Kier alpha value is -1.50. The van der Waals surface area contributed by atoms with Crippen LogP contribution in [0.4, 0.5) is 0 Å². The molecule has 0 aliphatic carbocycles. The highest BCUT2D eigenvalue weighted by Gasteiger charge is 1.76. The first kappa shape index (κ1) is 8.60. The molecule has 0 radical (unpaired) electrons. The standard InChI is InChI=1S/C11H13N/c1-10-6-3-4-7-11(10)8-5-9-12-2/h3-9,12H,1H2,2H3/b9-5-,11-8-. The van der Waals surface area contributed by atoms with Crippen LogP contribution in [0.25, 0.3) is 12.7 Å². The minimum atomic E-state index is 1.05. The van der Waals surface area contributed by atoms with Crippen LogP contribution in [-0.2, 0) is 0 Å². The normalized spacial score (nSPS) is 12.2. The van der Waals surface area contributed by atoms with Crippen LogP contribution in [-0.4, -0.2) is 7.05 Å². The maximum Gasteiger partial charge on any atom is 0.00277 e. The largest absolute Gasteiger partial charge is 0.394 e. The van der Waals surface area contributed by atoms with Gasteiger partial charge in [0.2, 0.25) is 0 Å². The molecule has 0 aliphatic rings. The molecule has 1 aromatic rings. The summed E-state index contributed by atoms with van der Waals surface area (Å²) in [6.45, 7) is 3.91. The number of allylic oxidation sites excluding steroid dienone is 1. The van der Waals surface area contributed by atoms with Crippen LogP contribution in [0, 0.1) is 0 Å². The molecule has 0 aromatic heterocycles. The van der Waals surface area contributed by atoms with Gasteiger partial charge in [-0.1, -0.05) is 36.9 Å². The molecule has 12 heavy (non-hydrogen) atoms. The van der Waals surface area contributed by atoms with Gasteiger partial charge in [0.25, 0.3) is 0 Å². The van der Waals surface area contributed by atoms with E-state index in [4.69, 9.17) is 0 Å². The van der Waals surface area contributed by atoms with Gasteiger partial charge in [-0.2, -0.15) is 0 Å². The SMILES string of the molecule is C=c1cccc/c1=C/C=C\NC. The Labute approximate surface area is 72.7 Å². The van der Waals surface area contributed by atoms with Crippen LogP contribution in [0.3, 0.4) is 0 Å². The van der Waals surface area contributed by atoms with Crippen LogP contribution >= 0.6 is 0 Å². The highest BCUT2D eigenvalue weighted by molar-refractivity contribution is 5.37. The Balaban J connectivity index is 3.03. The van der Waals surface area contributed by atoms with E-state index in [1.54, 1.807) is 0 Å². The Morgan fingerprint density at radius 2 is 2.08 bits per heavy atom. The molecule has 0 amide bonds. The van der Waals surface area contributed by atoms with Crippen molar-refractivity contribution in [2.45, 2.75) is 0 Å². The summed E-state index contributed by atoms with van der Waals surface area (Å²) in [4.78, 5) is 0. The maximum absolute atomic E-state index is 3.91. The zero-order valence-electron chi connectivity index (χ0n) is 7.25. The second kappa shape index (κ2) is 4.39. The predicted molar refractivity (Wildman–Crippen MR) is 53.9 cm³/mol. The lowest BCUT2D eigenvalue weighted by Crippen LogP contribution is -2.21. The van der Waals surface area contributed by atoms with Crippen molar-refractivity contribution in [1.29, 1.82) is 0 Å². The van der Waals surface area contributed by atoms with Crippen molar-refractivity contribution in [3.05, 3.63) is 47.0 Å². The highest BCUT2D eigenvalue weighted by atomic mass is 14.8. The predicted octanol–water partition coefficient (Wildman–Crippen LogP) is 0.611. The molecular weight excluding hydrogens is 146 g/mol. The van der Waals surface area contributed by atoms with Crippen molar-refractivity contribution >= 4 is 12.7 Å². The van der Waals surface area contributed by atoms with E-state index in [0.29, 0.717) is 0 Å². The summed E-state index contributed by atoms with van der Waals surface area (Å²) >= 11 is 0. The molecule has 1 N–H and O–H groups in total. The Morgan fingerprint density at radius 1 is 1.33 bits per heavy atom. The Morgan fingerprint density at radius 3 is 2.75 bits per heavy atom. The van der Waals surface area contributed by atoms with Gasteiger partial charge < -0.3 is 5.32 Å². The molecule has 0 unspecified atom stereocenters. The highest BCUT2D eigenvalue weighted by Crippen LogP contribution is 1.72. The third kappa shape index (κ3) is 2.27. The lowest BCUT2D eigenvalue weighted by atomic mass is 10.2. The fourth-order valence-electron chi connectivity index (χ4n) is 0.945. The van der Waals surface area contributed by atoms with Crippen molar-refractivity contribution in [3.63, 3.8) is 0 Å². The summed E-state index contributed by atoms with van der Waals surface area (Å²) in [5.41, 5.74) is 0. The molecule has 0 aliphatic heterocycles. The van der Waals surface area contributed by atoms with Crippen molar-refractivity contribution in [2.75, 3.05) is 7.05 Å². The molecule has 1 aromatic carbocycles. The van der Waals surface area contributed by atoms with Gasteiger partial charge in [0, 0.05) is 7.05 Å². The summed E-state index contributed by atoms with van der Waals surface area (Å²) < 4.78 is 0. The molecule has 0 heterocycles. The van der Waals surface area contributed by atoms with E-state index in [1.807, 2.05) is 49.7 Å². The zero-order valence-corrected chi connectivity index (χ0v) is 7.25. The number of rotatable bonds is 2. The topological polar surface area (TPSA) is 12.0 Å². The van der Waals surface area contributed by atoms with E-state index in [0.717, 1.165) is 10.4 Å². The minimum Gasteiger partial charge on any atom is -0.394 e. The van der Waals surface area contributed by atoms with Crippen LogP contribution < -0.4 is 15.8 Å². The third-order valence-corrected chi connectivity index (χ3v) is 1.59. The summed E-state index contributed by atoms with van der Waals surface area (Å²) in [6.07, 6.45) is 5.87. The van der Waals surface area contributed by atoms with Gasteiger partial charge in [0.05, 0.1) is 0 Å². The zero-order chi connectivity index (χ0) is 8.81. The fraction of sp³-hybridized carbons (Fsp3) is 0.0909.